The van der Waals surface area contributed by atoms with Crippen molar-refractivity contribution in [2.45, 2.75) is 33.3 Å². The van der Waals surface area contributed by atoms with Gasteiger partial charge in [0, 0.05) is 65.4 Å². The third-order valence-corrected chi connectivity index (χ3v) is 5.69. The number of nitrogens with one attached hydrogen (secondary N) is 2. The summed E-state index contributed by atoms with van der Waals surface area (Å²) in [6.07, 6.45) is 0. The smallest absolute Gasteiger partial charge is 0.191 e. The van der Waals surface area contributed by atoms with Gasteiger partial charge in [0.15, 0.2) is 5.96 Å². The molecule has 0 aromatic rings. The molecule has 2 fully saturated rings. The van der Waals surface area contributed by atoms with Crippen molar-refractivity contribution >= 4 is 5.96 Å². The molecular formula is C21H44N6O2. The van der Waals surface area contributed by atoms with Gasteiger partial charge >= 0.3 is 0 Å². The number of likely N-dealkylation sites (N-methyl/N-ethyl adjacent to an activating group) is 1. The highest BCUT2D eigenvalue weighted by atomic mass is 16.5. The van der Waals surface area contributed by atoms with Gasteiger partial charge in [-0.05, 0) is 26.3 Å². The van der Waals surface area contributed by atoms with E-state index in [0.717, 1.165) is 71.5 Å². The molecule has 0 spiro atoms. The van der Waals surface area contributed by atoms with E-state index in [1.54, 1.807) is 0 Å². The summed E-state index contributed by atoms with van der Waals surface area (Å²) in [5.74, 6) is 1.33. The molecule has 29 heavy (non-hydrogen) atoms. The Labute approximate surface area is 177 Å². The van der Waals surface area contributed by atoms with Crippen molar-refractivity contribution in [3.63, 3.8) is 0 Å². The Balaban J connectivity index is 1.74. The average Bonchev–Trinajstić information content (AvgIpc) is 2.71. The summed E-state index contributed by atoms with van der Waals surface area (Å²) in [5, 5.41) is 17.5. The normalized spacial score (nSPS) is 23.6. The van der Waals surface area contributed by atoms with Crippen molar-refractivity contribution in [1.29, 1.82) is 0 Å². The van der Waals surface area contributed by atoms with Crippen molar-refractivity contribution in [3.8, 4) is 0 Å². The molecule has 8 nitrogen and oxygen atoms in total. The lowest BCUT2D eigenvalue weighted by Gasteiger charge is -2.35. The summed E-state index contributed by atoms with van der Waals surface area (Å²) in [5.41, 5.74) is -0.843. The molecule has 2 heterocycles. The topological polar surface area (TPSA) is 75.6 Å². The number of nitrogens with zero attached hydrogens (tertiary/aromatic N) is 4. The lowest BCUT2D eigenvalue weighted by atomic mass is 10.1. The summed E-state index contributed by atoms with van der Waals surface area (Å²) < 4.78 is 5.39. The van der Waals surface area contributed by atoms with Crippen molar-refractivity contribution in [2.75, 3.05) is 91.8 Å². The van der Waals surface area contributed by atoms with Crippen LogP contribution in [-0.4, -0.2) is 123 Å². The van der Waals surface area contributed by atoms with Gasteiger partial charge in [-0.15, -0.1) is 0 Å². The zero-order chi connectivity index (χ0) is 21.1. The molecule has 2 unspecified atom stereocenters. The van der Waals surface area contributed by atoms with Crippen molar-refractivity contribution in [3.05, 3.63) is 0 Å². The van der Waals surface area contributed by atoms with Gasteiger partial charge in [0.1, 0.15) is 0 Å². The van der Waals surface area contributed by atoms with Crippen molar-refractivity contribution in [1.82, 2.24) is 25.3 Å². The second-order valence-electron chi connectivity index (χ2n) is 8.80. The number of guanidine groups is 1. The first-order valence-electron chi connectivity index (χ1n) is 11.4. The minimum absolute atomic E-state index is 0.382. The van der Waals surface area contributed by atoms with Gasteiger partial charge in [0.2, 0.25) is 0 Å². The van der Waals surface area contributed by atoms with Crippen LogP contribution in [-0.2, 0) is 4.74 Å². The number of aliphatic imine (C=N–C) groups is 1. The number of ether oxygens (including phenoxy) is 1. The maximum atomic E-state index is 10.8. The highest BCUT2D eigenvalue weighted by Crippen LogP contribution is 2.09. The molecule has 0 radical (unpaired) electrons. The number of morpholine rings is 1. The van der Waals surface area contributed by atoms with E-state index in [4.69, 9.17) is 4.74 Å². The number of aliphatic hydroxyl groups is 1. The summed E-state index contributed by atoms with van der Waals surface area (Å²) >= 11 is 0. The molecule has 3 N–H and O–H groups in total. The third kappa shape index (κ3) is 9.61. The van der Waals surface area contributed by atoms with Gasteiger partial charge in [-0.1, -0.05) is 13.8 Å². The molecule has 2 atom stereocenters. The van der Waals surface area contributed by atoms with Gasteiger partial charge in [-0.25, -0.2) is 0 Å². The zero-order valence-electron chi connectivity index (χ0n) is 19.1. The predicted octanol–water partition coefficient (Wildman–Crippen LogP) is -0.102. The highest BCUT2D eigenvalue weighted by Gasteiger charge is 2.25. The number of piperazine rings is 1. The third-order valence-electron chi connectivity index (χ3n) is 5.69. The van der Waals surface area contributed by atoms with Crippen LogP contribution in [0.25, 0.3) is 0 Å². The van der Waals surface area contributed by atoms with Crippen LogP contribution in [0.4, 0.5) is 0 Å². The Morgan fingerprint density at radius 2 is 1.69 bits per heavy atom. The summed E-state index contributed by atoms with van der Waals surface area (Å²) in [4.78, 5) is 12.0. The monoisotopic (exact) mass is 412 g/mol. The molecule has 0 aromatic heterocycles. The lowest BCUT2D eigenvalue weighted by molar-refractivity contribution is -0.0180. The summed E-state index contributed by atoms with van der Waals surface area (Å²) in [6, 6.07) is 0. The molecule has 0 aliphatic carbocycles. The van der Waals surface area contributed by atoms with E-state index in [0.29, 0.717) is 19.0 Å². The van der Waals surface area contributed by atoms with Crippen molar-refractivity contribution < 1.29 is 9.84 Å². The van der Waals surface area contributed by atoms with Crippen LogP contribution in [0.3, 0.4) is 0 Å². The van der Waals surface area contributed by atoms with Crippen LogP contribution in [0.15, 0.2) is 4.99 Å². The van der Waals surface area contributed by atoms with Crippen LogP contribution < -0.4 is 10.6 Å². The number of rotatable bonds is 10. The first kappa shape index (κ1) is 24.3. The van der Waals surface area contributed by atoms with Crippen LogP contribution in [0.5, 0.6) is 0 Å². The lowest BCUT2D eigenvalue weighted by Crippen LogP contribution is -2.49. The maximum absolute atomic E-state index is 10.8. The Morgan fingerprint density at radius 1 is 1.03 bits per heavy atom. The fraction of sp³-hybridized carbons (Fsp3) is 0.952. The van der Waals surface area contributed by atoms with Crippen LogP contribution in [0, 0.1) is 5.92 Å². The fourth-order valence-electron chi connectivity index (χ4n) is 3.95. The van der Waals surface area contributed by atoms with Crippen LogP contribution in [0.1, 0.15) is 27.7 Å². The molecule has 0 bridgehead atoms. The van der Waals surface area contributed by atoms with E-state index in [2.05, 4.69) is 51.1 Å². The Bertz CT molecular complexity index is 474. The number of hydrogen-bond acceptors (Lipinski definition) is 6. The second-order valence-corrected chi connectivity index (χ2v) is 8.80. The van der Waals surface area contributed by atoms with E-state index < -0.39 is 5.60 Å². The van der Waals surface area contributed by atoms with Crippen molar-refractivity contribution in [2.24, 2.45) is 10.9 Å². The SMILES string of the molecule is CCNC(=NCC(C)(O)CN1CCOCC1)NCC(C)CN1CCN(CC)CC1. The largest absolute Gasteiger partial charge is 0.387 e. The molecule has 2 rings (SSSR count). The Morgan fingerprint density at radius 3 is 2.31 bits per heavy atom. The van der Waals surface area contributed by atoms with E-state index >= 15 is 0 Å². The molecule has 0 saturated carbocycles. The van der Waals surface area contributed by atoms with E-state index in [1.807, 2.05) is 6.92 Å². The summed E-state index contributed by atoms with van der Waals surface area (Å²) in [6.45, 7) is 21.4. The number of hydrogen-bond donors (Lipinski definition) is 3. The van der Waals surface area contributed by atoms with E-state index in [1.165, 1.54) is 13.1 Å². The molecule has 2 aliphatic rings. The molecule has 170 valence electrons. The molecule has 2 saturated heterocycles. The Kier molecular flexibility index (Phi) is 10.7. The summed E-state index contributed by atoms with van der Waals surface area (Å²) in [7, 11) is 0. The second kappa shape index (κ2) is 12.7. The molecule has 0 aromatic carbocycles. The average molecular weight is 413 g/mol. The van der Waals surface area contributed by atoms with Gasteiger partial charge < -0.3 is 30.3 Å². The minimum atomic E-state index is -0.843. The molecule has 2 aliphatic heterocycles. The van der Waals surface area contributed by atoms with Gasteiger partial charge in [-0.2, -0.15) is 0 Å². The standard InChI is InChI=1S/C21H44N6O2/c1-5-22-20(24-17-21(4,28)18-27-11-13-29-14-12-27)23-15-19(3)16-26-9-7-25(6-2)8-10-26/h19,28H,5-18H2,1-4H3,(H2,22,23,24). The highest BCUT2D eigenvalue weighted by molar-refractivity contribution is 5.79. The van der Waals surface area contributed by atoms with Gasteiger partial charge in [0.05, 0.1) is 25.4 Å². The van der Waals surface area contributed by atoms with Crippen LogP contribution in [0.2, 0.25) is 0 Å². The Hall–Kier alpha value is -0.930. The zero-order valence-corrected chi connectivity index (χ0v) is 19.1. The minimum Gasteiger partial charge on any atom is -0.387 e. The molecule has 0 amide bonds. The maximum Gasteiger partial charge on any atom is 0.191 e. The van der Waals surface area contributed by atoms with Gasteiger partial charge in [0.25, 0.3) is 0 Å². The predicted molar refractivity (Wildman–Crippen MR) is 120 cm³/mol. The first-order valence-corrected chi connectivity index (χ1v) is 11.4. The quantitative estimate of drug-likeness (QED) is 0.342. The fourth-order valence-corrected chi connectivity index (χ4v) is 3.95. The van der Waals surface area contributed by atoms with Crippen LogP contribution >= 0.6 is 0 Å². The molecule has 8 heteroatoms. The molecular weight excluding hydrogens is 368 g/mol. The van der Waals surface area contributed by atoms with E-state index in [-0.39, 0.29) is 0 Å². The van der Waals surface area contributed by atoms with Gasteiger partial charge in [-0.3, -0.25) is 9.89 Å². The van der Waals surface area contributed by atoms with E-state index in [9.17, 15) is 5.11 Å². The number of β-amino-alcohol motifs (C(OH)–C–C–N with tert-alkyl or cyclic N) is 1. The first-order chi connectivity index (χ1) is 13.9.